The second kappa shape index (κ2) is 5.68. The van der Waals surface area contributed by atoms with Crippen molar-refractivity contribution in [3.8, 4) is 0 Å². The molecule has 0 bridgehead atoms. The molecule has 1 aromatic rings. The van der Waals surface area contributed by atoms with Gasteiger partial charge in [-0.15, -0.1) is 0 Å². The van der Waals surface area contributed by atoms with Gasteiger partial charge in [0, 0.05) is 12.1 Å². The fourth-order valence-electron chi connectivity index (χ4n) is 1.27. The lowest BCUT2D eigenvalue weighted by Crippen LogP contribution is -2.22. The fraction of sp³-hybridized carbons (Fsp3) is 0.462. The number of nitrogen functional groups attached to an aromatic ring is 1. The molecule has 1 aromatic carbocycles. The summed E-state index contributed by atoms with van der Waals surface area (Å²) in [6.45, 7) is 3.60. The van der Waals surface area contributed by atoms with Crippen molar-refractivity contribution in [3.63, 3.8) is 0 Å². The Morgan fingerprint density at radius 3 is 2.47 bits per heavy atom. The van der Waals surface area contributed by atoms with E-state index in [1.165, 1.54) is 0 Å². The number of esters is 1. The van der Waals surface area contributed by atoms with Crippen LogP contribution in [0.25, 0.3) is 0 Å². The Kier molecular flexibility index (Phi) is 4.52. The zero-order chi connectivity index (χ0) is 12.9. The van der Waals surface area contributed by atoms with Crippen LogP contribution in [0.15, 0.2) is 24.3 Å². The summed E-state index contributed by atoms with van der Waals surface area (Å²) in [7, 11) is 0. The molecule has 0 atom stereocenters. The molecular weight excluding hydrogens is 218 g/mol. The van der Waals surface area contributed by atoms with Crippen molar-refractivity contribution >= 4 is 11.7 Å². The Morgan fingerprint density at radius 1 is 1.35 bits per heavy atom. The van der Waals surface area contributed by atoms with E-state index in [-0.39, 0.29) is 19.0 Å². The maximum absolute atomic E-state index is 11.4. The highest BCUT2D eigenvalue weighted by atomic mass is 16.5. The molecule has 4 nitrogen and oxygen atoms in total. The molecule has 1 rings (SSSR count). The number of carbonyl (C=O) groups excluding carboxylic acids is 1. The molecule has 0 aliphatic rings. The Bertz CT molecular complexity index is 365. The van der Waals surface area contributed by atoms with Gasteiger partial charge in [0.05, 0.1) is 18.6 Å². The first-order valence-corrected chi connectivity index (χ1v) is 5.59. The topological polar surface area (TPSA) is 72.5 Å². The second-order valence-electron chi connectivity index (χ2n) is 4.70. The zero-order valence-corrected chi connectivity index (χ0v) is 10.3. The summed E-state index contributed by atoms with van der Waals surface area (Å²) in [5, 5.41) is 9.45. The van der Waals surface area contributed by atoms with Crippen LogP contribution in [0.4, 0.5) is 5.69 Å². The quantitative estimate of drug-likeness (QED) is 0.601. The first kappa shape index (κ1) is 13.5. The average Bonchev–Trinajstić information content (AvgIpc) is 2.19. The van der Waals surface area contributed by atoms with Gasteiger partial charge in [-0.05, 0) is 31.5 Å². The van der Waals surface area contributed by atoms with Crippen LogP contribution in [0, 0.1) is 0 Å². The minimum Gasteiger partial charge on any atom is -0.465 e. The second-order valence-corrected chi connectivity index (χ2v) is 4.70. The van der Waals surface area contributed by atoms with Crippen LogP contribution in [0.1, 0.15) is 25.8 Å². The van der Waals surface area contributed by atoms with Crippen LogP contribution < -0.4 is 5.73 Å². The van der Waals surface area contributed by atoms with Crippen molar-refractivity contribution in [1.82, 2.24) is 0 Å². The minimum atomic E-state index is -0.804. The molecule has 0 amide bonds. The summed E-state index contributed by atoms with van der Waals surface area (Å²) < 4.78 is 5.02. The van der Waals surface area contributed by atoms with E-state index >= 15 is 0 Å². The Balaban J connectivity index is 2.32. The Hall–Kier alpha value is -1.55. The normalized spacial score (nSPS) is 11.2. The molecule has 0 aromatic heterocycles. The standard InChI is InChI=1S/C13H19NO3/c1-13(2,16)7-8-17-12(15)9-10-3-5-11(14)6-4-10/h3-6,16H,7-9,14H2,1-2H3. The molecule has 94 valence electrons. The molecule has 4 heteroatoms. The summed E-state index contributed by atoms with van der Waals surface area (Å²) in [4.78, 5) is 11.4. The van der Waals surface area contributed by atoms with E-state index < -0.39 is 5.60 Å². The number of nitrogens with two attached hydrogens (primary N) is 1. The number of hydrogen-bond acceptors (Lipinski definition) is 4. The van der Waals surface area contributed by atoms with Crippen molar-refractivity contribution < 1.29 is 14.6 Å². The summed E-state index contributed by atoms with van der Waals surface area (Å²) in [5.41, 5.74) is 6.28. The third-order valence-corrected chi connectivity index (χ3v) is 2.31. The minimum absolute atomic E-state index is 0.228. The molecule has 0 saturated carbocycles. The van der Waals surface area contributed by atoms with E-state index in [0.29, 0.717) is 12.1 Å². The molecule has 0 aliphatic heterocycles. The molecule has 0 fully saturated rings. The predicted octanol–water partition coefficient (Wildman–Crippen LogP) is 1.52. The summed E-state index contributed by atoms with van der Waals surface area (Å²) >= 11 is 0. The lowest BCUT2D eigenvalue weighted by Gasteiger charge is -2.16. The van der Waals surface area contributed by atoms with Gasteiger partial charge in [0.1, 0.15) is 0 Å². The number of ether oxygens (including phenoxy) is 1. The highest BCUT2D eigenvalue weighted by Crippen LogP contribution is 2.09. The smallest absolute Gasteiger partial charge is 0.310 e. The van der Waals surface area contributed by atoms with Gasteiger partial charge in [-0.25, -0.2) is 0 Å². The van der Waals surface area contributed by atoms with Crippen LogP contribution in [0.3, 0.4) is 0 Å². The molecule has 0 saturated heterocycles. The monoisotopic (exact) mass is 237 g/mol. The first-order valence-electron chi connectivity index (χ1n) is 5.59. The van der Waals surface area contributed by atoms with Crippen molar-refractivity contribution in [1.29, 1.82) is 0 Å². The third-order valence-electron chi connectivity index (χ3n) is 2.31. The van der Waals surface area contributed by atoms with Gasteiger partial charge in [0.15, 0.2) is 0 Å². The highest BCUT2D eigenvalue weighted by molar-refractivity contribution is 5.72. The van der Waals surface area contributed by atoms with Crippen molar-refractivity contribution in [2.75, 3.05) is 12.3 Å². The summed E-state index contributed by atoms with van der Waals surface area (Å²) in [5.74, 6) is -0.293. The molecule has 0 spiro atoms. The van der Waals surface area contributed by atoms with Crippen LogP contribution in [0.5, 0.6) is 0 Å². The number of anilines is 1. The summed E-state index contributed by atoms with van der Waals surface area (Å²) in [6.07, 6.45) is 0.659. The zero-order valence-electron chi connectivity index (χ0n) is 10.3. The Morgan fingerprint density at radius 2 is 1.94 bits per heavy atom. The van der Waals surface area contributed by atoms with E-state index in [9.17, 15) is 9.90 Å². The van der Waals surface area contributed by atoms with Crippen LogP contribution >= 0.6 is 0 Å². The number of aliphatic hydroxyl groups is 1. The van der Waals surface area contributed by atoms with E-state index in [0.717, 1.165) is 5.56 Å². The molecule has 17 heavy (non-hydrogen) atoms. The SMILES string of the molecule is CC(C)(O)CCOC(=O)Cc1ccc(N)cc1. The molecule has 0 aliphatic carbocycles. The summed E-state index contributed by atoms with van der Waals surface area (Å²) in [6, 6.07) is 7.10. The third kappa shape index (κ3) is 5.92. The van der Waals surface area contributed by atoms with Gasteiger partial charge in [-0.2, -0.15) is 0 Å². The van der Waals surface area contributed by atoms with Crippen molar-refractivity contribution in [2.45, 2.75) is 32.3 Å². The fourth-order valence-corrected chi connectivity index (χ4v) is 1.27. The van der Waals surface area contributed by atoms with E-state index in [2.05, 4.69) is 0 Å². The van der Waals surface area contributed by atoms with E-state index in [1.54, 1.807) is 38.1 Å². The predicted molar refractivity (Wildman–Crippen MR) is 66.4 cm³/mol. The average molecular weight is 237 g/mol. The largest absolute Gasteiger partial charge is 0.465 e. The van der Waals surface area contributed by atoms with Gasteiger partial charge in [-0.1, -0.05) is 12.1 Å². The Labute approximate surface area is 101 Å². The maximum atomic E-state index is 11.4. The highest BCUT2D eigenvalue weighted by Gasteiger charge is 2.13. The van der Waals surface area contributed by atoms with E-state index in [1.807, 2.05) is 0 Å². The van der Waals surface area contributed by atoms with Crippen LogP contribution in [-0.4, -0.2) is 23.3 Å². The van der Waals surface area contributed by atoms with Crippen molar-refractivity contribution in [2.24, 2.45) is 0 Å². The first-order chi connectivity index (χ1) is 7.87. The lowest BCUT2D eigenvalue weighted by molar-refractivity contribution is -0.144. The van der Waals surface area contributed by atoms with Gasteiger partial charge in [-0.3, -0.25) is 4.79 Å². The molecule has 3 N–H and O–H groups in total. The van der Waals surface area contributed by atoms with Gasteiger partial charge < -0.3 is 15.6 Å². The number of rotatable bonds is 5. The van der Waals surface area contributed by atoms with Crippen LogP contribution in [0.2, 0.25) is 0 Å². The maximum Gasteiger partial charge on any atom is 0.310 e. The number of benzene rings is 1. The van der Waals surface area contributed by atoms with Crippen LogP contribution in [-0.2, 0) is 16.0 Å². The van der Waals surface area contributed by atoms with Gasteiger partial charge >= 0.3 is 5.97 Å². The van der Waals surface area contributed by atoms with Gasteiger partial charge in [0.2, 0.25) is 0 Å². The molecular formula is C13H19NO3. The van der Waals surface area contributed by atoms with Gasteiger partial charge in [0.25, 0.3) is 0 Å². The van der Waals surface area contributed by atoms with Crippen molar-refractivity contribution in [3.05, 3.63) is 29.8 Å². The number of hydrogen-bond donors (Lipinski definition) is 2. The molecule has 0 heterocycles. The molecule has 0 unspecified atom stereocenters. The van der Waals surface area contributed by atoms with E-state index in [4.69, 9.17) is 10.5 Å². The lowest BCUT2D eigenvalue weighted by atomic mass is 10.1. The number of carbonyl (C=O) groups is 1. The molecule has 0 radical (unpaired) electrons.